The number of aromatic nitrogens is 2. The van der Waals surface area contributed by atoms with Crippen LogP contribution in [0.15, 0.2) is 4.52 Å². The summed E-state index contributed by atoms with van der Waals surface area (Å²) in [6.07, 6.45) is 3.03. The SMILES string of the molecule is CCCNCc1nc(C(CCC)OCC)no1. The van der Waals surface area contributed by atoms with Crippen molar-refractivity contribution in [1.82, 2.24) is 15.5 Å². The van der Waals surface area contributed by atoms with Gasteiger partial charge in [0.1, 0.15) is 6.10 Å². The molecule has 0 saturated heterocycles. The summed E-state index contributed by atoms with van der Waals surface area (Å²) in [6, 6.07) is 0. The van der Waals surface area contributed by atoms with Gasteiger partial charge in [0.25, 0.3) is 0 Å². The van der Waals surface area contributed by atoms with E-state index < -0.39 is 0 Å². The first-order valence-electron chi connectivity index (χ1n) is 6.46. The minimum absolute atomic E-state index is 0.0336. The van der Waals surface area contributed by atoms with Crippen molar-refractivity contribution in [2.75, 3.05) is 13.2 Å². The third kappa shape index (κ3) is 4.83. The largest absolute Gasteiger partial charge is 0.370 e. The van der Waals surface area contributed by atoms with Gasteiger partial charge in [0.05, 0.1) is 6.54 Å². The topological polar surface area (TPSA) is 60.2 Å². The average Bonchev–Trinajstić information content (AvgIpc) is 2.78. The molecule has 0 saturated carbocycles. The Balaban J connectivity index is 2.51. The van der Waals surface area contributed by atoms with Gasteiger partial charge < -0.3 is 14.6 Å². The molecule has 1 rings (SSSR count). The van der Waals surface area contributed by atoms with Crippen LogP contribution in [0, 0.1) is 0 Å². The molecule has 0 aliphatic heterocycles. The van der Waals surface area contributed by atoms with Crippen LogP contribution in [0.4, 0.5) is 0 Å². The molecule has 1 N–H and O–H groups in total. The van der Waals surface area contributed by atoms with Crippen molar-refractivity contribution in [3.63, 3.8) is 0 Å². The number of nitrogens with zero attached hydrogens (tertiary/aromatic N) is 2. The van der Waals surface area contributed by atoms with E-state index in [0.29, 0.717) is 24.9 Å². The molecule has 0 radical (unpaired) electrons. The van der Waals surface area contributed by atoms with Crippen LogP contribution in [0.25, 0.3) is 0 Å². The molecule has 0 aliphatic rings. The van der Waals surface area contributed by atoms with Crippen LogP contribution in [0.3, 0.4) is 0 Å². The Morgan fingerprint density at radius 1 is 1.29 bits per heavy atom. The van der Waals surface area contributed by atoms with E-state index in [9.17, 15) is 0 Å². The van der Waals surface area contributed by atoms with E-state index in [4.69, 9.17) is 9.26 Å². The summed E-state index contributed by atoms with van der Waals surface area (Å²) < 4.78 is 10.8. The Morgan fingerprint density at radius 3 is 2.76 bits per heavy atom. The van der Waals surface area contributed by atoms with Gasteiger partial charge in [-0.15, -0.1) is 0 Å². The maximum atomic E-state index is 5.60. The molecule has 0 bridgehead atoms. The van der Waals surface area contributed by atoms with Gasteiger partial charge in [-0.05, 0) is 26.3 Å². The van der Waals surface area contributed by atoms with Crippen molar-refractivity contribution in [3.05, 3.63) is 11.7 Å². The summed E-state index contributed by atoms with van der Waals surface area (Å²) in [5.41, 5.74) is 0. The zero-order valence-electron chi connectivity index (χ0n) is 11.0. The Kier molecular flexibility index (Phi) is 6.81. The van der Waals surface area contributed by atoms with Crippen molar-refractivity contribution < 1.29 is 9.26 Å². The monoisotopic (exact) mass is 241 g/mol. The van der Waals surface area contributed by atoms with Crippen molar-refractivity contribution in [3.8, 4) is 0 Å². The highest BCUT2D eigenvalue weighted by molar-refractivity contribution is 4.91. The zero-order chi connectivity index (χ0) is 12.5. The summed E-state index contributed by atoms with van der Waals surface area (Å²) in [5.74, 6) is 1.30. The third-order valence-corrected chi connectivity index (χ3v) is 2.39. The molecule has 1 atom stereocenters. The minimum atomic E-state index is -0.0336. The molecule has 5 heteroatoms. The molecule has 1 heterocycles. The van der Waals surface area contributed by atoms with Gasteiger partial charge in [0, 0.05) is 6.61 Å². The number of hydrogen-bond donors (Lipinski definition) is 1. The van der Waals surface area contributed by atoms with Crippen LogP contribution in [-0.2, 0) is 11.3 Å². The minimum Gasteiger partial charge on any atom is -0.370 e. The number of nitrogens with one attached hydrogen (secondary N) is 1. The van der Waals surface area contributed by atoms with E-state index >= 15 is 0 Å². The molecule has 5 nitrogen and oxygen atoms in total. The fourth-order valence-electron chi connectivity index (χ4n) is 1.59. The van der Waals surface area contributed by atoms with E-state index in [2.05, 4.69) is 29.3 Å². The van der Waals surface area contributed by atoms with Crippen molar-refractivity contribution in [1.29, 1.82) is 0 Å². The van der Waals surface area contributed by atoms with Crippen molar-refractivity contribution in [2.45, 2.75) is 52.7 Å². The lowest BCUT2D eigenvalue weighted by atomic mass is 10.2. The van der Waals surface area contributed by atoms with Gasteiger partial charge in [-0.25, -0.2) is 0 Å². The van der Waals surface area contributed by atoms with Crippen molar-refractivity contribution >= 4 is 0 Å². The Bertz CT molecular complexity index is 296. The molecule has 17 heavy (non-hydrogen) atoms. The van der Waals surface area contributed by atoms with Crippen LogP contribution in [0.2, 0.25) is 0 Å². The van der Waals surface area contributed by atoms with Gasteiger partial charge in [0.2, 0.25) is 11.7 Å². The van der Waals surface area contributed by atoms with E-state index in [1.165, 1.54) is 0 Å². The molecule has 1 unspecified atom stereocenters. The lowest BCUT2D eigenvalue weighted by Gasteiger charge is -2.11. The van der Waals surface area contributed by atoms with Crippen LogP contribution in [0.1, 0.15) is 57.9 Å². The quantitative estimate of drug-likeness (QED) is 0.673. The predicted molar refractivity (Wildman–Crippen MR) is 65.6 cm³/mol. The van der Waals surface area contributed by atoms with Crippen LogP contribution >= 0.6 is 0 Å². The molecule has 0 aliphatic carbocycles. The molecule has 0 aromatic carbocycles. The van der Waals surface area contributed by atoms with Crippen LogP contribution in [-0.4, -0.2) is 23.3 Å². The average molecular weight is 241 g/mol. The van der Waals surface area contributed by atoms with Gasteiger partial charge >= 0.3 is 0 Å². The van der Waals surface area contributed by atoms with Crippen LogP contribution < -0.4 is 5.32 Å². The highest BCUT2D eigenvalue weighted by Crippen LogP contribution is 2.19. The molecular formula is C12H23N3O2. The van der Waals surface area contributed by atoms with Gasteiger partial charge in [-0.3, -0.25) is 0 Å². The first-order valence-corrected chi connectivity index (χ1v) is 6.46. The number of ether oxygens (including phenoxy) is 1. The summed E-state index contributed by atoms with van der Waals surface area (Å²) >= 11 is 0. The maximum absolute atomic E-state index is 5.60. The second-order valence-corrected chi connectivity index (χ2v) is 3.96. The van der Waals surface area contributed by atoms with Crippen LogP contribution in [0.5, 0.6) is 0 Å². The van der Waals surface area contributed by atoms with Crippen molar-refractivity contribution in [2.24, 2.45) is 0 Å². The lowest BCUT2D eigenvalue weighted by Crippen LogP contribution is -2.14. The molecule has 0 amide bonds. The van der Waals surface area contributed by atoms with E-state index in [1.807, 2.05) is 6.92 Å². The standard InChI is InChI=1S/C12H23N3O2/c1-4-7-10(16-6-3)12-14-11(17-15-12)9-13-8-5-2/h10,13H,4-9H2,1-3H3. The highest BCUT2D eigenvalue weighted by atomic mass is 16.5. The Labute approximate surface area is 103 Å². The Morgan fingerprint density at radius 2 is 2.12 bits per heavy atom. The fourth-order valence-corrected chi connectivity index (χ4v) is 1.59. The van der Waals surface area contributed by atoms with E-state index in [-0.39, 0.29) is 6.10 Å². The van der Waals surface area contributed by atoms with E-state index in [1.54, 1.807) is 0 Å². The number of rotatable bonds is 9. The lowest BCUT2D eigenvalue weighted by molar-refractivity contribution is 0.0477. The molecule has 0 fully saturated rings. The molecule has 1 aromatic heterocycles. The van der Waals surface area contributed by atoms with Gasteiger partial charge in [0.15, 0.2) is 0 Å². The predicted octanol–water partition coefficient (Wildman–Crippen LogP) is 2.45. The summed E-state index contributed by atoms with van der Waals surface area (Å²) in [4.78, 5) is 4.35. The first kappa shape index (κ1) is 14.1. The Hall–Kier alpha value is -0.940. The van der Waals surface area contributed by atoms with E-state index in [0.717, 1.165) is 25.8 Å². The maximum Gasteiger partial charge on any atom is 0.240 e. The summed E-state index contributed by atoms with van der Waals surface area (Å²) in [5, 5.41) is 7.21. The third-order valence-electron chi connectivity index (χ3n) is 2.39. The second-order valence-electron chi connectivity index (χ2n) is 3.96. The highest BCUT2D eigenvalue weighted by Gasteiger charge is 2.17. The molecular weight excluding hydrogens is 218 g/mol. The summed E-state index contributed by atoms with van der Waals surface area (Å²) in [7, 11) is 0. The molecule has 1 aromatic rings. The van der Waals surface area contributed by atoms with Gasteiger partial charge in [-0.1, -0.05) is 25.4 Å². The summed E-state index contributed by atoms with van der Waals surface area (Å²) in [6.45, 7) is 8.48. The van der Waals surface area contributed by atoms with Gasteiger partial charge in [-0.2, -0.15) is 4.98 Å². The fraction of sp³-hybridized carbons (Fsp3) is 0.833. The smallest absolute Gasteiger partial charge is 0.240 e. The second kappa shape index (κ2) is 8.20. The molecule has 0 spiro atoms. The molecule has 98 valence electrons. The zero-order valence-corrected chi connectivity index (χ0v) is 11.0. The first-order chi connectivity index (χ1) is 8.31. The normalized spacial score (nSPS) is 12.9. The number of hydrogen-bond acceptors (Lipinski definition) is 5.